The molecule has 0 aliphatic heterocycles. The molecule has 0 amide bonds. The third kappa shape index (κ3) is 3.22. The van der Waals surface area contributed by atoms with Crippen LogP contribution in [0.4, 0.5) is 16.0 Å². The molecular formula is C15H16FN5O2S. The van der Waals surface area contributed by atoms with Gasteiger partial charge in [-0.2, -0.15) is 9.38 Å². The largest absolute Gasteiger partial charge is 0.372 e. The van der Waals surface area contributed by atoms with Crippen molar-refractivity contribution in [3.8, 4) is 0 Å². The van der Waals surface area contributed by atoms with E-state index in [1.165, 1.54) is 21.8 Å². The summed E-state index contributed by atoms with van der Waals surface area (Å²) in [6.45, 7) is 0.771. The molecule has 0 atom stereocenters. The van der Waals surface area contributed by atoms with Crippen molar-refractivity contribution in [3.63, 3.8) is 0 Å². The van der Waals surface area contributed by atoms with E-state index in [0.29, 0.717) is 22.6 Å². The molecule has 0 radical (unpaired) electrons. The highest BCUT2D eigenvalue weighted by Crippen LogP contribution is 2.28. The molecule has 0 unspecified atom stereocenters. The number of anilines is 1. The lowest BCUT2D eigenvalue weighted by molar-refractivity contribution is -0.389. The van der Waals surface area contributed by atoms with Crippen molar-refractivity contribution in [2.24, 2.45) is 0 Å². The summed E-state index contributed by atoms with van der Waals surface area (Å²) >= 11 is 1.31. The number of nitrogens with one attached hydrogen (secondary N) is 1. The second kappa shape index (κ2) is 6.54. The van der Waals surface area contributed by atoms with Crippen LogP contribution in [-0.4, -0.2) is 33.3 Å². The monoisotopic (exact) mass is 349 g/mol. The predicted octanol–water partition coefficient (Wildman–Crippen LogP) is 3.12. The number of fused-ring (bicyclic) bond motifs is 1. The number of nitrogens with zero attached hydrogens (tertiary/aromatic N) is 4. The standard InChI is InChI=1S/C15H16FN5O2S/c1-19(2)9-11-4-3-10(7-12(11)16)8-17-13-14(21(22)23)20-5-6-24-15(20)18-13/h3-7,17H,8-9H2,1-2H3. The highest BCUT2D eigenvalue weighted by atomic mass is 32.1. The van der Waals surface area contributed by atoms with Gasteiger partial charge >= 0.3 is 5.82 Å². The number of imidazole rings is 1. The van der Waals surface area contributed by atoms with Gasteiger partial charge in [0.2, 0.25) is 5.82 Å². The van der Waals surface area contributed by atoms with E-state index in [9.17, 15) is 14.5 Å². The van der Waals surface area contributed by atoms with Crippen LogP contribution < -0.4 is 5.32 Å². The lowest BCUT2D eigenvalue weighted by Crippen LogP contribution is -2.12. The number of thiazole rings is 1. The lowest BCUT2D eigenvalue weighted by Gasteiger charge is -2.11. The first-order chi connectivity index (χ1) is 11.5. The first kappa shape index (κ1) is 16.3. The zero-order valence-electron chi connectivity index (χ0n) is 13.2. The van der Waals surface area contributed by atoms with Gasteiger partial charge in [-0.1, -0.05) is 23.5 Å². The zero-order chi connectivity index (χ0) is 17.3. The molecule has 9 heteroatoms. The SMILES string of the molecule is CN(C)Cc1ccc(CNc2nc3sccn3c2[N+](=O)[O-])cc1F. The Bertz CT molecular complexity index is 889. The van der Waals surface area contributed by atoms with E-state index in [1.807, 2.05) is 19.0 Å². The Morgan fingerprint density at radius 3 is 2.92 bits per heavy atom. The molecule has 0 saturated carbocycles. The second-order valence-corrected chi connectivity index (χ2v) is 6.49. The van der Waals surface area contributed by atoms with Crippen LogP contribution in [0.5, 0.6) is 0 Å². The van der Waals surface area contributed by atoms with Crippen LogP contribution in [0.15, 0.2) is 29.8 Å². The maximum absolute atomic E-state index is 14.1. The van der Waals surface area contributed by atoms with Gasteiger partial charge in [-0.15, -0.1) is 0 Å². The number of halogens is 1. The number of nitro groups is 1. The third-order valence-corrected chi connectivity index (χ3v) is 4.23. The summed E-state index contributed by atoms with van der Waals surface area (Å²) in [7, 11) is 3.75. The molecule has 2 heterocycles. The molecule has 0 bridgehead atoms. The fourth-order valence-electron chi connectivity index (χ4n) is 2.42. The quantitative estimate of drug-likeness (QED) is 0.547. The van der Waals surface area contributed by atoms with Gasteiger partial charge in [0.15, 0.2) is 0 Å². The maximum Gasteiger partial charge on any atom is 0.372 e. The molecule has 1 aromatic carbocycles. The van der Waals surface area contributed by atoms with Gasteiger partial charge in [-0.3, -0.25) is 0 Å². The van der Waals surface area contributed by atoms with E-state index in [2.05, 4.69) is 10.3 Å². The van der Waals surface area contributed by atoms with E-state index in [0.717, 1.165) is 0 Å². The molecule has 3 rings (SSSR count). The highest BCUT2D eigenvalue weighted by molar-refractivity contribution is 7.15. The fraction of sp³-hybridized carbons (Fsp3) is 0.267. The van der Waals surface area contributed by atoms with Crippen LogP contribution in [0.2, 0.25) is 0 Å². The molecule has 0 spiro atoms. The van der Waals surface area contributed by atoms with Gasteiger partial charge in [-0.05, 0) is 30.6 Å². The summed E-state index contributed by atoms with van der Waals surface area (Å²) in [4.78, 5) is 17.4. The van der Waals surface area contributed by atoms with Crippen LogP contribution >= 0.6 is 11.3 Å². The van der Waals surface area contributed by atoms with Gasteiger partial charge in [0, 0.05) is 24.0 Å². The predicted molar refractivity (Wildman–Crippen MR) is 90.8 cm³/mol. The molecule has 0 fully saturated rings. The highest BCUT2D eigenvalue weighted by Gasteiger charge is 2.23. The first-order valence-electron chi connectivity index (χ1n) is 7.21. The van der Waals surface area contributed by atoms with Crippen LogP contribution in [0.25, 0.3) is 4.96 Å². The summed E-state index contributed by atoms with van der Waals surface area (Å²) in [5.74, 6) is -0.219. The Kier molecular flexibility index (Phi) is 4.45. The van der Waals surface area contributed by atoms with Gasteiger partial charge in [0.25, 0.3) is 4.96 Å². The van der Waals surface area contributed by atoms with Gasteiger partial charge < -0.3 is 20.3 Å². The second-order valence-electron chi connectivity index (χ2n) is 5.61. The normalized spacial score (nSPS) is 11.3. The number of aromatic nitrogens is 2. The number of rotatable bonds is 6. The van der Waals surface area contributed by atoms with E-state index >= 15 is 0 Å². The van der Waals surface area contributed by atoms with Crippen LogP contribution in [0, 0.1) is 15.9 Å². The molecular weight excluding hydrogens is 333 g/mol. The molecule has 2 aromatic heterocycles. The van der Waals surface area contributed by atoms with Crippen LogP contribution in [0.1, 0.15) is 11.1 Å². The van der Waals surface area contributed by atoms with E-state index in [4.69, 9.17) is 0 Å². The molecule has 24 heavy (non-hydrogen) atoms. The Balaban J connectivity index is 1.79. The van der Waals surface area contributed by atoms with Gasteiger partial charge in [-0.25, -0.2) is 4.39 Å². The summed E-state index contributed by atoms with van der Waals surface area (Å²) in [6, 6.07) is 4.97. The summed E-state index contributed by atoms with van der Waals surface area (Å²) in [5.41, 5.74) is 1.30. The minimum Gasteiger partial charge on any atom is -0.359 e. The summed E-state index contributed by atoms with van der Waals surface area (Å²) in [5, 5.41) is 15.9. The first-order valence-corrected chi connectivity index (χ1v) is 8.09. The van der Waals surface area contributed by atoms with Crippen molar-refractivity contribution in [1.82, 2.24) is 14.3 Å². The summed E-state index contributed by atoms with van der Waals surface area (Å²) < 4.78 is 15.5. The summed E-state index contributed by atoms with van der Waals surface area (Å²) in [6.07, 6.45) is 1.60. The Hall–Kier alpha value is -2.52. The Morgan fingerprint density at radius 2 is 2.25 bits per heavy atom. The number of hydrogen-bond donors (Lipinski definition) is 1. The van der Waals surface area contributed by atoms with Crippen molar-refractivity contribution in [3.05, 3.63) is 56.8 Å². The molecule has 0 aliphatic carbocycles. The maximum atomic E-state index is 14.1. The molecule has 3 aromatic rings. The smallest absolute Gasteiger partial charge is 0.359 e. The van der Waals surface area contributed by atoms with Crippen LogP contribution in [0.3, 0.4) is 0 Å². The van der Waals surface area contributed by atoms with Crippen molar-refractivity contribution >= 4 is 27.9 Å². The lowest BCUT2D eigenvalue weighted by atomic mass is 10.1. The molecule has 0 saturated heterocycles. The van der Waals surface area contributed by atoms with Gasteiger partial charge in [0.1, 0.15) is 12.0 Å². The van der Waals surface area contributed by atoms with Crippen LogP contribution in [-0.2, 0) is 13.1 Å². The molecule has 7 nitrogen and oxygen atoms in total. The van der Waals surface area contributed by atoms with Gasteiger partial charge in [0.05, 0.1) is 0 Å². The molecule has 126 valence electrons. The number of hydrogen-bond acceptors (Lipinski definition) is 6. The minimum absolute atomic E-state index is 0.115. The Labute approximate surface area is 141 Å². The van der Waals surface area contributed by atoms with Crippen molar-refractivity contribution < 1.29 is 9.31 Å². The molecule has 0 aliphatic rings. The van der Waals surface area contributed by atoms with Crippen molar-refractivity contribution in [1.29, 1.82) is 0 Å². The Morgan fingerprint density at radius 1 is 1.46 bits per heavy atom. The van der Waals surface area contributed by atoms with E-state index < -0.39 is 4.92 Å². The average molecular weight is 349 g/mol. The molecule has 1 N–H and O–H groups in total. The third-order valence-electron chi connectivity index (χ3n) is 3.47. The number of benzene rings is 1. The zero-order valence-corrected chi connectivity index (χ0v) is 14.0. The minimum atomic E-state index is -0.476. The van der Waals surface area contributed by atoms with E-state index in [-0.39, 0.29) is 24.0 Å². The van der Waals surface area contributed by atoms with E-state index in [1.54, 1.807) is 23.7 Å². The topological polar surface area (TPSA) is 75.7 Å². The van der Waals surface area contributed by atoms with Crippen molar-refractivity contribution in [2.45, 2.75) is 13.1 Å². The van der Waals surface area contributed by atoms with Crippen molar-refractivity contribution in [2.75, 3.05) is 19.4 Å². The average Bonchev–Trinajstić information content (AvgIpc) is 3.07. The fourth-order valence-corrected chi connectivity index (χ4v) is 3.13.